The van der Waals surface area contributed by atoms with Gasteiger partial charge in [0.1, 0.15) is 0 Å². The minimum atomic E-state index is -0.157. The molecular weight excluding hydrogens is 268 g/mol. The Morgan fingerprint density at radius 2 is 2.10 bits per heavy atom. The van der Waals surface area contributed by atoms with E-state index >= 15 is 0 Å². The highest BCUT2D eigenvalue weighted by Gasteiger charge is 2.13. The van der Waals surface area contributed by atoms with Crippen LogP contribution in [0.4, 0.5) is 0 Å². The molecule has 0 aliphatic carbocycles. The van der Waals surface area contributed by atoms with Crippen molar-refractivity contribution in [3.63, 3.8) is 0 Å². The van der Waals surface area contributed by atoms with Gasteiger partial charge in [0.2, 0.25) is 0 Å². The fourth-order valence-corrected chi connectivity index (χ4v) is 2.70. The van der Waals surface area contributed by atoms with Crippen molar-refractivity contribution in [1.29, 1.82) is 0 Å². The summed E-state index contributed by atoms with van der Waals surface area (Å²) >= 11 is 0. The summed E-state index contributed by atoms with van der Waals surface area (Å²) in [5.41, 5.74) is 1.59. The number of aromatic nitrogens is 2. The molecule has 6 heteroatoms. The molecular formula is C15H26N4O2. The van der Waals surface area contributed by atoms with E-state index in [1.54, 1.807) is 4.57 Å². The Hall–Kier alpha value is -1.24. The van der Waals surface area contributed by atoms with Gasteiger partial charge in [-0.15, -0.1) is 0 Å². The van der Waals surface area contributed by atoms with Crippen molar-refractivity contribution >= 4 is 0 Å². The lowest BCUT2D eigenvalue weighted by molar-refractivity contribution is 0.0344. The van der Waals surface area contributed by atoms with Gasteiger partial charge in [0.15, 0.2) is 0 Å². The Morgan fingerprint density at radius 1 is 1.38 bits per heavy atom. The number of aryl methyl sites for hydroxylation is 2. The van der Waals surface area contributed by atoms with Gasteiger partial charge in [-0.3, -0.25) is 9.47 Å². The molecule has 0 radical (unpaired) electrons. The molecule has 118 valence electrons. The van der Waals surface area contributed by atoms with Gasteiger partial charge in [0.05, 0.1) is 13.2 Å². The second kappa shape index (κ2) is 7.68. The lowest BCUT2D eigenvalue weighted by atomic mass is 10.3. The summed E-state index contributed by atoms with van der Waals surface area (Å²) in [5.74, 6) is 0. The molecule has 2 heterocycles. The smallest absolute Gasteiger partial charge is 0.347 e. The molecule has 0 unspecified atom stereocenters. The topological polar surface area (TPSA) is 59.4 Å². The molecule has 1 saturated heterocycles. The first-order valence-electron chi connectivity index (χ1n) is 7.65. The molecule has 1 fully saturated rings. The van der Waals surface area contributed by atoms with E-state index < -0.39 is 0 Å². The summed E-state index contributed by atoms with van der Waals surface area (Å²) in [6.45, 7) is 12.1. The molecule has 1 aliphatic rings. The molecule has 0 amide bonds. The van der Waals surface area contributed by atoms with E-state index in [1.807, 2.05) is 19.9 Å². The van der Waals surface area contributed by atoms with Crippen LogP contribution in [-0.4, -0.2) is 59.9 Å². The number of nitrogens with zero attached hydrogens (tertiary/aromatic N) is 3. The molecule has 1 aliphatic heterocycles. The van der Waals surface area contributed by atoms with Gasteiger partial charge in [-0.05, 0) is 26.8 Å². The summed E-state index contributed by atoms with van der Waals surface area (Å²) in [5, 5.41) is 3.48. The average Bonchev–Trinajstić information content (AvgIpc) is 2.42. The minimum absolute atomic E-state index is 0.157. The molecule has 1 aromatic rings. The van der Waals surface area contributed by atoms with Gasteiger partial charge < -0.3 is 10.1 Å². The molecule has 0 aromatic carbocycles. The number of morpholine rings is 1. The summed E-state index contributed by atoms with van der Waals surface area (Å²) in [6.07, 6.45) is 0. The van der Waals surface area contributed by atoms with Crippen LogP contribution in [0.15, 0.2) is 10.9 Å². The molecule has 0 bridgehead atoms. The monoisotopic (exact) mass is 294 g/mol. The second-order valence-corrected chi connectivity index (χ2v) is 5.74. The van der Waals surface area contributed by atoms with E-state index in [4.69, 9.17) is 4.74 Å². The Kier molecular flexibility index (Phi) is 5.90. The molecule has 2 rings (SSSR count). The predicted octanol–water partition coefficient (Wildman–Crippen LogP) is 0.170. The fraction of sp³-hybridized carbons (Fsp3) is 0.733. The number of nitrogens with one attached hydrogen (secondary N) is 1. The maximum atomic E-state index is 11.9. The van der Waals surface area contributed by atoms with Crippen LogP contribution in [0, 0.1) is 13.8 Å². The molecule has 1 N–H and O–H groups in total. The van der Waals surface area contributed by atoms with Crippen molar-refractivity contribution in [3.05, 3.63) is 27.9 Å². The number of ether oxygens (including phenoxy) is 1. The van der Waals surface area contributed by atoms with Crippen molar-refractivity contribution in [2.75, 3.05) is 39.4 Å². The Bertz CT molecular complexity index is 509. The van der Waals surface area contributed by atoms with E-state index in [2.05, 4.69) is 22.1 Å². The van der Waals surface area contributed by atoms with E-state index in [-0.39, 0.29) is 5.69 Å². The third-order valence-electron chi connectivity index (χ3n) is 3.81. The summed E-state index contributed by atoms with van der Waals surface area (Å²) in [4.78, 5) is 18.2. The van der Waals surface area contributed by atoms with Crippen molar-refractivity contribution < 1.29 is 4.74 Å². The summed E-state index contributed by atoms with van der Waals surface area (Å²) < 4.78 is 7.07. The zero-order valence-corrected chi connectivity index (χ0v) is 13.3. The van der Waals surface area contributed by atoms with E-state index in [0.29, 0.717) is 12.6 Å². The van der Waals surface area contributed by atoms with Gasteiger partial charge in [-0.25, -0.2) is 4.79 Å². The molecule has 6 nitrogen and oxygen atoms in total. The third-order valence-corrected chi connectivity index (χ3v) is 3.81. The minimum Gasteiger partial charge on any atom is -0.379 e. The van der Waals surface area contributed by atoms with Crippen molar-refractivity contribution in [2.45, 2.75) is 33.4 Å². The maximum absolute atomic E-state index is 11.9. The van der Waals surface area contributed by atoms with Crippen LogP contribution in [0.2, 0.25) is 0 Å². The molecule has 0 saturated carbocycles. The van der Waals surface area contributed by atoms with Crippen LogP contribution in [-0.2, 0) is 11.3 Å². The number of rotatable bonds is 6. The predicted molar refractivity (Wildman–Crippen MR) is 82.7 cm³/mol. The van der Waals surface area contributed by atoms with Crippen LogP contribution < -0.4 is 11.0 Å². The van der Waals surface area contributed by atoms with Gasteiger partial charge in [-0.1, -0.05) is 0 Å². The number of hydrogen-bond acceptors (Lipinski definition) is 5. The first kappa shape index (κ1) is 16.1. The second-order valence-electron chi connectivity index (χ2n) is 5.74. The fourth-order valence-electron chi connectivity index (χ4n) is 2.70. The van der Waals surface area contributed by atoms with Gasteiger partial charge in [0.25, 0.3) is 0 Å². The van der Waals surface area contributed by atoms with Crippen molar-refractivity contribution in [2.24, 2.45) is 0 Å². The van der Waals surface area contributed by atoms with Crippen molar-refractivity contribution in [1.82, 2.24) is 19.8 Å². The van der Waals surface area contributed by atoms with Crippen LogP contribution in [0.25, 0.3) is 0 Å². The standard InChI is InChI=1S/C15H26N4O2/c1-12-10-14(3)19(15(20)17-12)5-4-16-13(2)11-18-6-8-21-9-7-18/h10,13,16H,4-9,11H2,1-3H3/t13-/m0/s1. The van der Waals surface area contributed by atoms with E-state index in [1.165, 1.54) is 0 Å². The largest absolute Gasteiger partial charge is 0.379 e. The van der Waals surface area contributed by atoms with Gasteiger partial charge in [-0.2, -0.15) is 4.98 Å². The molecule has 1 atom stereocenters. The van der Waals surface area contributed by atoms with Crippen LogP contribution in [0.5, 0.6) is 0 Å². The first-order chi connectivity index (χ1) is 10.1. The summed E-state index contributed by atoms with van der Waals surface area (Å²) in [6, 6.07) is 2.34. The SMILES string of the molecule is Cc1cc(C)n(CCN[C@@H](C)CN2CCOCC2)c(=O)n1. The highest BCUT2D eigenvalue weighted by molar-refractivity contribution is 5.06. The Morgan fingerprint density at radius 3 is 2.76 bits per heavy atom. The molecule has 0 spiro atoms. The van der Waals surface area contributed by atoms with E-state index in [9.17, 15) is 4.79 Å². The summed E-state index contributed by atoms with van der Waals surface area (Å²) in [7, 11) is 0. The van der Waals surface area contributed by atoms with E-state index in [0.717, 1.165) is 50.8 Å². The molecule has 21 heavy (non-hydrogen) atoms. The van der Waals surface area contributed by atoms with Crippen LogP contribution >= 0.6 is 0 Å². The quantitative estimate of drug-likeness (QED) is 0.810. The average molecular weight is 294 g/mol. The van der Waals surface area contributed by atoms with Crippen molar-refractivity contribution in [3.8, 4) is 0 Å². The maximum Gasteiger partial charge on any atom is 0.347 e. The Labute approximate surface area is 126 Å². The van der Waals surface area contributed by atoms with Gasteiger partial charge in [0, 0.05) is 50.2 Å². The zero-order valence-electron chi connectivity index (χ0n) is 13.3. The highest BCUT2D eigenvalue weighted by atomic mass is 16.5. The zero-order chi connectivity index (χ0) is 15.2. The molecule has 1 aromatic heterocycles. The number of hydrogen-bond donors (Lipinski definition) is 1. The lowest BCUT2D eigenvalue weighted by Gasteiger charge is -2.29. The Balaban J connectivity index is 1.77. The normalized spacial score (nSPS) is 17.9. The van der Waals surface area contributed by atoms with Gasteiger partial charge >= 0.3 is 5.69 Å². The van der Waals surface area contributed by atoms with Crippen LogP contribution in [0.1, 0.15) is 18.3 Å². The third kappa shape index (κ3) is 4.91. The van der Waals surface area contributed by atoms with Crippen LogP contribution in [0.3, 0.4) is 0 Å². The lowest BCUT2D eigenvalue weighted by Crippen LogP contribution is -2.45. The highest BCUT2D eigenvalue weighted by Crippen LogP contribution is 1.99. The first-order valence-corrected chi connectivity index (χ1v) is 7.65.